The minimum atomic E-state index is 0.00440. The van der Waals surface area contributed by atoms with Crippen LogP contribution in [0.4, 0.5) is 0 Å². The minimum absolute atomic E-state index is 0.00440. The van der Waals surface area contributed by atoms with Crippen LogP contribution in [0.1, 0.15) is 70.6 Å². The van der Waals surface area contributed by atoms with Gasteiger partial charge in [0.2, 0.25) is 0 Å². The van der Waals surface area contributed by atoms with Crippen LogP contribution in [0.15, 0.2) is 6.07 Å². The van der Waals surface area contributed by atoms with Gasteiger partial charge in [-0.3, -0.25) is 0 Å². The van der Waals surface area contributed by atoms with Crippen LogP contribution in [0.5, 0.6) is 0 Å². The van der Waals surface area contributed by atoms with Crippen molar-refractivity contribution in [1.82, 2.24) is 15.3 Å². The SMILES string of the molecule is CCCC(C)c1cc(CNC)nc(C(C)(C)C)n1. The fraction of sp³-hybridized carbons (Fsp3) is 0.733. The topological polar surface area (TPSA) is 37.8 Å². The van der Waals surface area contributed by atoms with Gasteiger partial charge in [-0.15, -0.1) is 0 Å². The van der Waals surface area contributed by atoms with Crippen LogP contribution < -0.4 is 5.32 Å². The normalized spacial score (nSPS) is 13.7. The highest BCUT2D eigenvalue weighted by Crippen LogP contribution is 2.24. The zero-order chi connectivity index (χ0) is 13.8. The minimum Gasteiger partial charge on any atom is -0.314 e. The Hall–Kier alpha value is -0.960. The number of rotatable bonds is 5. The van der Waals surface area contributed by atoms with Crippen molar-refractivity contribution in [3.8, 4) is 0 Å². The second-order valence-electron chi connectivity index (χ2n) is 6.08. The third-order valence-electron chi connectivity index (χ3n) is 3.05. The van der Waals surface area contributed by atoms with E-state index in [-0.39, 0.29) is 5.41 Å². The predicted octanol–water partition coefficient (Wildman–Crippen LogP) is 3.40. The molecule has 0 aliphatic carbocycles. The average molecular weight is 249 g/mol. The number of nitrogens with zero attached hydrogens (tertiary/aromatic N) is 2. The molecule has 0 amide bonds. The third kappa shape index (κ3) is 4.05. The van der Waals surface area contributed by atoms with Crippen molar-refractivity contribution in [3.05, 3.63) is 23.3 Å². The summed E-state index contributed by atoms with van der Waals surface area (Å²) in [7, 11) is 1.95. The molecule has 0 saturated heterocycles. The van der Waals surface area contributed by atoms with Crippen LogP contribution in [0.3, 0.4) is 0 Å². The number of hydrogen-bond acceptors (Lipinski definition) is 3. The van der Waals surface area contributed by atoms with Gasteiger partial charge in [0.1, 0.15) is 5.82 Å². The maximum absolute atomic E-state index is 4.77. The fourth-order valence-corrected chi connectivity index (χ4v) is 1.96. The first kappa shape index (κ1) is 15.1. The Bertz CT molecular complexity index is 380. The molecule has 0 aliphatic rings. The fourth-order valence-electron chi connectivity index (χ4n) is 1.96. The largest absolute Gasteiger partial charge is 0.314 e. The molecule has 0 radical (unpaired) electrons. The third-order valence-corrected chi connectivity index (χ3v) is 3.05. The Morgan fingerprint density at radius 1 is 1.28 bits per heavy atom. The van der Waals surface area contributed by atoms with Crippen LogP contribution >= 0.6 is 0 Å². The molecule has 3 heteroatoms. The van der Waals surface area contributed by atoms with E-state index in [0.717, 1.165) is 18.1 Å². The lowest BCUT2D eigenvalue weighted by atomic mass is 9.94. The molecule has 1 rings (SSSR count). The summed E-state index contributed by atoms with van der Waals surface area (Å²) < 4.78 is 0. The van der Waals surface area contributed by atoms with Gasteiger partial charge < -0.3 is 5.32 Å². The first-order valence-electron chi connectivity index (χ1n) is 6.91. The molecule has 18 heavy (non-hydrogen) atoms. The standard InChI is InChI=1S/C15H27N3/c1-7-8-11(2)13-9-12(10-16-6)17-14(18-13)15(3,4)5/h9,11,16H,7-8,10H2,1-6H3. The van der Waals surface area contributed by atoms with Crippen molar-refractivity contribution < 1.29 is 0 Å². The molecule has 1 heterocycles. The van der Waals surface area contributed by atoms with E-state index in [1.54, 1.807) is 0 Å². The Morgan fingerprint density at radius 3 is 2.44 bits per heavy atom. The second kappa shape index (κ2) is 6.28. The van der Waals surface area contributed by atoms with Gasteiger partial charge in [0.15, 0.2) is 0 Å². The molecule has 0 bridgehead atoms. The summed E-state index contributed by atoms with van der Waals surface area (Å²) in [6.07, 6.45) is 2.37. The van der Waals surface area contributed by atoms with Crippen molar-refractivity contribution in [3.63, 3.8) is 0 Å². The van der Waals surface area contributed by atoms with Crippen molar-refractivity contribution >= 4 is 0 Å². The maximum atomic E-state index is 4.77. The van der Waals surface area contributed by atoms with Gasteiger partial charge in [-0.05, 0) is 25.5 Å². The molecule has 1 aromatic rings. The van der Waals surface area contributed by atoms with E-state index in [2.05, 4.69) is 51.0 Å². The molecule has 1 unspecified atom stereocenters. The average Bonchev–Trinajstić information content (AvgIpc) is 2.28. The molecular weight excluding hydrogens is 222 g/mol. The van der Waals surface area contributed by atoms with Gasteiger partial charge in [-0.25, -0.2) is 9.97 Å². The van der Waals surface area contributed by atoms with Gasteiger partial charge in [0.25, 0.3) is 0 Å². The monoisotopic (exact) mass is 249 g/mol. The molecule has 1 N–H and O–H groups in total. The summed E-state index contributed by atoms with van der Waals surface area (Å²) in [5.74, 6) is 1.46. The number of hydrogen-bond donors (Lipinski definition) is 1. The van der Waals surface area contributed by atoms with Gasteiger partial charge in [-0.2, -0.15) is 0 Å². The van der Waals surface area contributed by atoms with E-state index in [9.17, 15) is 0 Å². The molecule has 3 nitrogen and oxygen atoms in total. The summed E-state index contributed by atoms with van der Waals surface area (Å²) >= 11 is 0. The summed E-state index contributed by atoms with van der Waals surface area (Å²) in [6, 6.07) is 2.14. The predicted molar refractivity (Wildman–Crippen MR) is 76.8 cm³/mol. The first-order chi connectivity index (χ1) is 8.38. The zero-order valence-corrected chi connectivity index (χ0v) is 12.7. The summed E-state index contributed by atoms with van der Waals surface area (Å²) in [4.78, 5) is 9.43. The Kier molecular flexibility index (Phi) is 5.27. The maximum Gasteiger partial charge on any atom is 0.134 e. The van der Waals surface area contributed by atoms with Crippen LogP contribution in [0.25, 0.3) is 0 Å². The molecule has 102 valence electrons. The van der Waals surface area contributed by atoms with E-state index in [4.69, 9.17) is 4.98 Å². The summed E-state index contributed by atoms with van der Waals surface area (Å²) in [5, 5.41) is 3.17. The molecule has 0 saturated carbocycles. The van der Waals surface area contributed by atoms with Crippen molar-refractivity contribution in [1.29, 1.82) is 0 Å². The lowest BCUT2D eigenvalue weighted by Crippen LogP contribution is -2.20. The van der Waals surface area contributed by atoms with Crippen molar-refractivity contribution in [2.75, 3.05) is 7.05 Å². The highest BCUT2D eigenvalue weighted by Gasteiger charge is 2.20. The number of aromatic nitrogens is 2. The van der Waals surface area contributed by atoms with Crippen LogP contribution in [0.2, 0.25) is 0 Å². The Balaban J connectivity index is 3.13. The summed E-state index contributed by atoms with van der Waals surface area (Å²) in [6.45, 7) is 11.8. The summed E-state index contributed by atoms with van der Waals surface area (Å²) in [5.41, 5.74) is 2.28. The Morgan fingerprint density at radius 2 is 1.94 bits per heavy atom. The molecule has 0 spiro atoms. The van der Waals surface area contributed by atoms with E-state index in [1.807, 2.05) is 7.05 Å². The van der Waals surface area contributed by atoms with Crippen molar-refractivity contribution in [2.45, 2.75) is 65.3 Å². The van der Waals surface area contributed by atoms with Gasteiger partial charge >= 0.3 is 0 Å². The van der Waals surface area contributed by atoms with E-state index in [1.165, 1.54) is 18.5 Å². The lowest BCUT2D eigenvalue weighted by molar-refractivity contribution is 0.527. The van der Waals surface area contributed by atoms with Gasteiger partial charge in [-0.1, -0.05) is 41.0 Å². The van der Waals surface area contributed by atoms with Gasteiger partial charge in [0.05, 0.1) is 5.69 Å². The highest BCUT2D eigenvalue weighted by molar-refractivity contribution is 5.18. The molecule has 1 aromatic heterocycles. The highest BCUT2D eigenvalue weighted by atomic mass is 14.9. The van der Waals surface area contributed by atoms with E-state index < -0.39 is 0 Å². The van der Waals surface area contributed by atoms with Gasteiger partial charge in [0, 0.05) is 17.7 Å². The van der Waals surface area contributed by atoms with Crippen LogP contribution in [-0.2, 0) is 12.0 Å². The van der Waals surface area contributed by atoms with Crippen molar-refractivity contribution in [2.24, 2.45) is 0 Å². The first-order valence-corrected chi connectivity index (χ1v) is 6.91. The van der Waals surface area contributed by atoms with E-state index in [0.29, 0.717) is 5.92 Å². The smallest absolute Gasteiger partial charge is 0.134 e. The second-order valence-corrected chi connectivity index (χ2v) is 6.08. The van der Waals surface area contributed by atoms with E-state index >= 15 is 0 Å². The zero-order valence-electron chi connectivity index (χ0n) is 12.7. The van der Waals surface area contributed by atoms with Crippen LogP contribution in [0, 0.1) is 0 Å². The molecule has 0 fully saturated rings. The molecule has 1 atom stereocenters. The molecular formula is C15H27N3. The molecule has 0 aromatic carbocycles. The van der Waals surface area contributed by atoms with Crippen LogP contribution in [-0.4, -0.2) is 17.0 Å². The quantitative estimate of drug-likeness (QED) is 0.869. The Labute approximate surface area is 111 Å². The lowest BCUT2D eigenvalue weighted by Gasteiger charge is -2.20. The number of nitrogens with one attached hydrogen (secondary N) is 1. The molecule has 0 aliphatic heterocycles.